The minimum atomic E-state index is -3.61. The molecule has 0 radical (unpaired) electrons. The molecule has 0 aliphatic carbocycles. The van der Waals surface area contributed by atoms with Crippen molar-refractivity contribution in [2.45, 2.75) is 28.8 Å². The fourth-order valence-corrected chi connectivity index (χ4v) is 4.80. The van der Waals surface area contributed by atoms with Crippen LogP contribution in [0.3, 0.4) is 0 Å². The number of likely N-dealkylation sites (tertiary alicyclic amines) is 1. The molecule has 0 saturated carbocycles. The molecular weight excluding hydrogens is 366 g/mol. The van der Waals surface area contributed by atoms with E-state index < -0.39 is 10.0 Å². The van der Waals surface area contributed by atoms with E-state index in [9.17, 15) is 8.42 Å². The quantitative estimate of drug-likeness (QED) is 0.772. The van der Waals surface area contributed by atoms with Gasteiger partial charge in [0, 0.05) is 30.6 Å². The van der Waals surface area contributed by atoms with Crippen molar-refractivity contribution >= 4 is 21.8 Å². The first kappa shape index (κ1) is 18.9. The van der Waals surface area contributed by atoms with Gasteiger partial charge in [0.25, 0.3) is 0 Å². The molecule has 2 aromatic rings. The van der Waals surface area contributed by atoms with Gasteiger partial charge in [-0.2, -0.15) is 5.26 Å². The van der Waals surface area contributed by atoms with E-state index in [1.165, 1.54) is 22.6 Å². The zero-order valence-corrected chi connectivity index (χ0v) is 16.2. The maximum absolute atomic E-state index is 12.6. The van der Waals surface area contributed by atoms with Crippen LogP contribution in [0.15, 0.2) is 58.3 Å². The second-order valence-corrected chi connectivity index (χ2v) is 8.92. The van der Waals surface area contributed by atoms with Crippen LogP contribution in [0.25, 0.3) is 0 Å². The van der Waals surface area contributed by atoms with Crippen molar-refractivity contribution in [3.63, 3.8) is 0 Å². The van der Waals surface area contributed by atoms with E-state index in [4.69, 9.17) is 5.26 Å². The highest BCUT2D eigenvalue weighted by Crippen LogP contribution is 2.19. The number of nitrogens with one attached hydrogen (secondary N) is 1. The minimum absolute atomic E-state index is 0.115. The summed E-state index contributed by atoms with van der Waals surface area (Å²) in [5, 5.41) is 8.95. The molecule has 2 aromatic carbocycles. The predicted molar refractivity (Wildman–Crippen MR) is 103 cm³/mol. The van der Waals surface area contributed by atoms with E-state index in [0.717, 1.165) is 19.5 Å². The van der Waals surface area contributed by atoms with Gasteiger partial charge in [0.05, 0.1) is 16.5 Å². The van der Waals surface area contributed by atoms with Crippen LogP contribution in [-0.4, -0.2) is 38.7 Å². The largest absolute Gasteiger partial charge is 0.297 e. The molecule has 7 heteroatoms. The van der Waals surface area contributed by atoms with Crippen molar-refractivity contribution in [1.82, 2.24) is 9.62 Å². The standard InChI is InChI=1S/C19H21N3O2S2/c1-25-18-7-5-15(6-8-18)13-22-10-9-17(14-22)21-26(23,24)19-4-2-3-16(11-19)12-20/h2-8,11,17,21H,9-10,13-14H2,1H3/t17-/m1/s1. The van der Waals surface area contributed by atoms with Gasteiger partial charge in [-0.15, -0.1) is 11.8 Å². The summed E-state index contributed by atoms with van der Waals surface area (Å²) in [6.45, 7) is 2.36. The highest BCUT2D eigenvalue weighted by molar-refractivity contribution is 7.98. The van der Waals surface area contributed by atoms with Crippen molar-refractivity contribution < 1.29 is 8.42 Å². The third kappa shape index (κ3) is 4.65. The Hall–Kier alpha value is -1.85. The summed E-state index contributed by atoms with van der Waals surface area (Å²) >= 11 is 1.72. The Morgan fingerprint density at radius 1 is 1.27 bits per heavy atom. The number of hydrogen-bond donors (Lipinski definition) is 1. The molecular formula is C19H21N3O2S2. The molecule has 1 fully saturated rings. The summed E-state index contributed by atoms with van der Waals surface area (Å²) < 4.78 is 27.9. The van der Waals surface area contributed by atoms with Crippen LogP contribution in [0.5, 0.6) is 0 Å². The van der Waals surface area contributed by atoms with Gasteiger partial charge in [0.2, 0.25) is 10.0 Å². The lowest BCUT2D eigenvalue weighted by molar-refractivity contribution is 0.324. The molecule has 0 aromatic heterocycles. The maximum Gasteiger partial charge on any atom is 0.240 e. The number of hydrogen-bond acceptors (Lipinski definition) is 5. The zero-order valence-electron chi connectivity index (χ0n) is 14.6. The third-order valence-corrected chi connectivity index (χ3v) is 6.69. The second-order valence-electron chi connectivity index (χ2n) is 6.33. The van der Waals surface area contributed by atoms with Crippen LogP contribution in [0.4, 0.5) is 0 Å². The van der Waals surface area contributed by atoms with Crippen LogP contribution in [-0.2, 0) is 16.6 Å². The van der Waals surface area contributed by atoms with Crippen LogP contribution < -0.4 is 4.72 Å². The SMILES string of the molecule is CSc1ccc(CN2CC[C@@H](NS(=O)(=O)c3cccc(C#N)c3)C2)cc1. The molecule has 0 unspecified atom stereocenters. The molecule has 0 amide bonds. The van der Waals surface area contributed by atoms with Gasteiger partial charge in [0.1, 0.15) is 0 Å². The number of benzene rings is 2. The predicted octanol–water partition coefficient (Wildman–Crippen LogP) is 2.83. The smallest absolute Gasteiger partial charge is 0.240 e. The van der Waals surface area contributed by atoms with E-state index in [2.05, 4.69) is 40.1 Å². The first-order valence-electron chi connectivity index (χ1n) is 8.38. The van der Waals surface area contributed by atoms with Gasteiger partial charge >= 0.3 is 0 Å². The van der Waals surface area contributed by atoms with Gasteiger partial charge in [-0.3, -0.25) is 4.90 Å². The summed E-state index contributed by atoms with van der Waals surface area (Å²) in [7, 11) is -3.61. The Bertz CT molecular complexity index is 905. The highest BCUT2D eigenvalue weighted by atomic mass is 32.2. The summed E-state index contributed by atoms with van der Waals surface area (Å²) in [4.78, 5) is 3.63. The lowest BCUT2D eigenvalue weighted by Gasteiger charge is -2.17. The molecule has 1 heterocycles. The molecule has 136 valence electrons. The van der Waals surface area contributed by atoms with Gasteiger partial charge in [0.15, 0.2) is 0 Å². The molecule has 26 heavy (non-hydrogen) atoms. The Morgan fingerprint density at radius 3 is 2.73 bits per heavy atom. The first-order chi connectivity index (χ1) is 12.5. The Kier molecular flexibility index (Phi) is 5.99. The number of nitrogens with zero attached hydrogens (tertiary/aromatic N) is 2. The topological polar surface area (TPSA) is 73.2 Å². The molecule has 0 spiro atoms. The molecule has 1 atom stereocenters. The number of thioether (sulfide) groups is 1. The Labute approximate surface area is 159 Å². The molecule has 0 bridgehead atoms. The van der Waals surface area contributed by atoms with E-state index in [1.54, 1.807) is 23.9 Å². The Balaban J connectivity index is 1.60. The average molecular weight is 388 g/mol. The minimum Gasteiger partial charge on any atom is -0.297 e. The van der Waals surface area contributed by atoms with Crippen LogP contribution >= 0.6 is 11.8 Å². The molecule has 1 N–H and O–H groups in total. The summed E-state index contributed by atoms with van der Waals surface area (Å²) in [6, 6.07) is 16.4. The van der Waals surface area contributed by atoms with Gasteiger partial charge in [-0.25, -0.2) is 13.1 Å². The molecule has 3 rings (SSSR count). The van der Waals surface area contributed by atoms with Crippen molar-refractivity contribution in [3.8, 4) is 6.07 Å². The van der Waals surface area contributed by atoms with E-state index in [0.29, 0.717) is 12.1 Å². The number of sulfonamides is 1. The molecule has 1 saturated heterocycles. The number of rotatable bonds is 6. The summed E-state index contributed by atoms with van der Waals surface area (Å²) in [6.07, 6.45) is 2.83. The fourth-order valence-electron chi connectivity index (χ4n) is 3.08. The lowest BCUT2D eigenvalue weighted by atomic mass is 10.2. The van der Waals surface area contributed by atoms with Crippen molar-refractivity contribution in [2.24, 2.45) is 0 Å². The van der Waals surface area contributed by atoms with Crippen molar-refractivity contribution in [3.05, 3.63) is 59.7 Å². The second kappa shape index (κ2) is 8.23. The number of nitriles is 1. The molecule has 5 nitrogen and oxygen atoms in total. The van der Waals surface area contributed by atoms with Gasteiger partial charge < -0.3 is 0 Å². The van der Waals surface area contributed by atoms with E-state index in [1.807, 2.05) is 6.07 Å². The van der Waals surface area contributed by atoms with Crippen molar-refractivity contribution in [1.29, 1.82) is 5.26 Å². The van der Waals surface area contributed by atoms with Crippen molar-refractivity contribution in [2.75, 3.05) is 19.3 Å². The average Bonchev–Trinajstić information content (AvgIpc) is 3.08. The normalized spacial score (nSPS) is 17.9. The summed E-state index contributed by atoms with van der Waals surface area (Å²) in [5.41, 5.74) is 1.57. The zero-order chi connectivity index (χ0) is 18.6. The van der Waals surface area contributed by atoms with Crippen LogP contribution in [0.2, 0.25) is 0 Å². The van der Waals surface area contributed by atoms with Crippen LogP contribution in [0, 0.1) is 11.3 Å². The van der Waals surface area contributed by atoms with Gasteiger partial charge in [-0.1, -0.05) is 18.2 Å². The molecule has 1 aliphatic rings. The maximum atomic E-state index is 12.6. The van der Waals surface area contributed by atoms with E-state index in [-0.39, 0.29) is 10.9 Å². The van der Waals surface area contributed by atoms with Gasteiger partial charge in [-0.05, 0) is 48.6 Å². The molecule has 1 aliphatic heterocycles. The monoisotopic (exact) mass is 387 g/mol. The fraction of sp³-hybridized carbons (Fsp3) is 0.316. The highest BCUT2D eigenvalue weighted by Gasteiger charge is 2.27. The Morgan fingerprint density at radius 2 is 2.04 bits per heavy atom. The summed E-state index contributed by atoms with van der Waals surface area (Å²) in [5.74, 6) is 0. The van der Waals surface area contributed by atoms with E-state index >= 15 is 0 Å². The first-order valence-corrected chi connectivity index (χ1v) is 11.1. The third-order valence-electron chi connectivity index (χ3n) is 4.43. The lowest BCUT2D eigenvalue weighted by Crippen LogP contribution is -2.37. The van der Waals surface area contributed by atoms with Crippen LogP contribution in [0.1, 0.15) is 17.5 Å².